The van der Waals surface area contributed by atoms with Gasteiger partial charge < -0.3 is 15.1 Å². The third-order valence-electron chi connectivity index (χ3n) is 2.90. The Morgan fingerprint density at radius 2 is 2.27 bits per heavy atom. The minimum absolute atomic E-state index is 0.252. The molecule has 0 saturated heterocycles. The molecule has 0 atom stereocenters. The zero-order valence-electron chi connectivity index (χ0n) is 11.4. The summed E-state index contributed by atoms with van der Waals surface area (Å²) in [5, 5.41) is 9.04. The van der Waals surface area contributed by atoms with Gasteiger partial charge in [0.1, 0.15) is 18.3 Å². The number of carbonyl (C=O) groups is 1. The molecule has 0 saturated carbocycles. The Morgan fingerprint density at radius 3 is 2.95 bits per heavy atom. The van der Waals surface area contributed by atoms with Gasteiger partial charge >= 0.3 is 6.03 Å². The van der Waals surface area contributed by atoms with Crippen molar-refractivity contribution in [3.63, 3.8) is 0 Å². The molecule has 2 aromatic heterocycles. The highest BCUT2D eigenvalue weighted by atomic mass is 19.1. The average Bonchev–Trinajstić information content (AvgIpc) is 3.19. The van der Waals surface area contributed by atoms with Crippen molar-refractivity contribution in [2.45, 2.75) is 6.54 Å². The first kappa shape index (κ1) is 13.8. The molecule has 8 heteroatoms. The number of nitrogens with zero attached hydrogens (tertiary/aromatic N) is 3. The van der Waals surface area contributed by atoms with Crippen molar-refractivity contribution >= 4 is 11.7 Å². The summed E-state index contributed by atoms with van der Waals surface area (Å²) in [4.78, 5) is 15.5. The van der Waals surface area contributed by atoms with E-state index in [4.69, 9.17) is 4.42 Å². The summed E-state index contributed by atoms with van der Waals surface area (Å²) in [5.74, 6) is -0.516. The Balaban J connectivity index is 1.63. The van der Waals surface area contributed by atoms with Crippen molar-refractivity contribution in [2.24, 2.45) is 0 Å². The number of nitrogens with one attached hydrogen (secondary N) is 2. The first-order valence-corrected chi connectivity index (χ1v) is 6.43. The third kappa shape index (κ3) is 3.11. The molecule has 2 N–H and O–H groups in total. The predicted octanol–water partition coefficient (Wildman–Crippen LogP) is 2.32. The maximum Gasteiger partial charge on any atom is 0.319 e. The largest absolute Gasteiger partial charge is 0.472 e. The number of aromatic nitrogens is 3. The van der Waals surface area contributed by atoms with E-state index >= 15 is 0 Å². The summed E-state index contributed by atoms with van der Waals surface area (Å²) in [6, 6.07) is 5.61. The average molecular weight is 301 g/mol. The fraction of sp³-hybridized carbons (Fsp3) is 0.0714. The lowest BCUT2D eigenvalue weighted by Crippen LogP contribution is -2.28. The van der Waals surface area contributed by atoms with Crippen molar-refractivity contribution < 1.29 is 13.6 Å². The highest BCUT2D eigenvalue weighted by molar-refractivity contribution is 5.89. The van der Waals surface area contributed by atoms with Gasteiger partial charge in [-0.3, -0.25) is 0 Å². The van der Waals surface area contributed by atoms with Crippen LogP contribution in [0, 0.1) is 5.82 Å². The Labute approximate surface area is 124 Å². The molecular weight excluding hydrogens is 289 g/mol. The highest BCUT2D eigenvalue weighted by Gasteiger charge is 2.08. The smallest absolute Gasteiger partial charge is 0.319 e. The van der Waals surface area contributed by atoms with Crippen LogP contribution in [0.3, 0.4) is 0 Å². The first-order valence-electron chi connectivity index (χ1n) is 6.43. The van der Waals surface area contributed by atoms with Crippen LogP contribution in [0.5, 0.6) is 0 Å². The number of benzene rings is 1. The number of amides is 2. The van der Waals surface area contributed by atoms with Gasteiger partial charge in [0.2, 0.25) is 0 Å². The van der Waals surface area contributed by atoms with Crippen LogP contribution in [-0.2, 0) is 6.54 Å². The Morgan fingerprint density at radius 1 is 1.36 bits per heavy atom. The fourth-order valence-electron chi connectivity index (χ4n) is 1.85. The van der Waals surface area contributed by atoms with E-state index in [1.54, 1.807) is 12.1 Å². The summed E-state index contributed by atoms with van der Waals surface area (Å²) < 4.78 is 20.2. The molecule has 0 fully saturated rings. The molecule has 0 bridgehead atoms. The van der Waals surface area contributed by atoms with Crippen LogP contribution in [0.4, 0.5) is 14.9 Å². The molecule has 0 unspecified atom stereocenters. The normalized spacial score (nSPS) is 10.4. The van der Waals surface area contributed by atoms with E-state index in [1.165, 1.54) is 42.0 Å². The van der Waals surface area contributed by atoms with Crippen molar-refractivity contribution in [1.29, 1.82) is 0 Å². The van der Waals surface area contributed by atoms with Crippen LogP contribution >= 0.6 is 0 Å². The molecule has 0 radical (unpaired) electrons. The van der Waals surface area contributed by atoms with Crippen molar-refractivity contribution in [3.05, 3.63) is 60.8 Å². The number of hydrogen-bond acceptors (Lipinski definition) is 4. The third-order valence-corrected chi connectivity index (χ3v) is 2.90. The van der Waals surface area contributed by atoms with Crippen LogP contribution in [-0.4, -0.2) is 20.8 Å². The van der Waals surface area contributed by atoms with Gasteiger partial charge in [0.25, 0.3) is 0 Å². The fourth-order valence-corrected chi connectivity index (χ4v) is 1.85. The quantitative estimate of drug-likeness (QED) is 0.774. The second-order valence-corrected chi connectivity index (χ2v) is 4.45. The number of furan rings is 1. The number of rotatable bonds is 4. The van der Waals surface area contributed by atoms with Crippen LogP contribution in [0.25, 0.3) is 5.69 Å². The molecule has 22 heavy (non-hydrogen) atoms. The van der Waals surface area contributed by atoms with Gasteiger partial charge in [-0.2, -0.15) is 5.10 Å². The van der Waals surface area contributed by atoms with Gasteiger partial charge in [0, 0.05) is 17.8 Å². The zero-order chi connectivity index (χ0) is 15.4. The summed E-state index contributed by atoms with van der Waals surface area (Å²) in [6.07, 6.45) is 5.76. The molecule has 0 aliphatic heterocycles. The summed E-state index contributed by atoms with van der Waals surface area (Å²) in [6.45, 7) is 0.321. The zero-order valence-corrected chi connectivity index (χ0v) is 11.4. The summed E-state index contributed by atoms with van der Waals surface area (Å²) >= 11 is 0. The van der Waals surface area contributed by atoms with Gasteiger partial charge in [-0.05, 0) is 24.3 Å². The van der Waals surface area contributed by atoms with Gasteiger partial charge in [-0.1, -0.05) is 0 Å². The van der Waals surface area contributed by atoms with Crippen LogP contribution in [0.15, 0.2) is 53.9 Å². The number of hydrogen-bond donors (Lipinski definition) is 2. The molecule has 2 heterocycles. The SMILES string of the molecule is O=C(NCc1ccoc1)Nc1ccc(-n2cncn2)c(F)c1. The van der Waals surface area contributed by atoms with E-state index in [0.29, 0.717) is 12.2 Å². The first-order chi connectivity index (χ1) is 10.7. The van der Waals surface area contributed by atoms with Crippen molar-refractivity contribution in [1.82, 2.24) is 20.1 Å². The van der Waals surface area contributed by atoms with Gasteiger partial charge in [0.15, 0.2) is 5.82 Å². The summed E-state index contributed by atoms with van der Waals surface area (Å²) in [7, 11) is 0. The standard InChI is InChI=1S/C14H12FN5O2/c15-12-5-11(1-2-13(12)20-9-16-8-18-20)19-14(21)17-6-10-3-4-22-7-10/h1-5,7-9H,6H2,(H2,17,19,21). The molecular formula is C14H12FN5O2. The lowest BCUT2D eigenvalue weighted by Gasteiger charge is -2.08. The van der Waals surface area contributed by atoms with E-state index in [1.807, 2.05) is 0 Å². The van der Waals surface area contributed by atoms with Crippen molar-refractivity contribution in [3.8, 4) is 5.69 Å². The Bertz CT molecular complexity index is 756. The predicted molar refractivity (Wildman–Crippen MR) is 75.9 cm³/mol. The lowest BCUT2D eigenvalue weighted by atomic mass is 10.2. The minimum Gasteiger partial charge on any atom is -0.472 e. The van der Waals surface area contributed by atoms with Gasteiger partial charge in [0.05, 0.1) is 12.5 Å². The minimum atomic E-state index is -0.516. The molecule has 2 amide bonds. The van der Waals surface area contributed by atoms with E-state index < -0.39 is 11.8 Å². The summed E-state index contributed by atoms with van der Waals surface area (Å²) in [5.41, 5.74) is 1.43. The lowest BCUT2D eigenvalue weighted by molar-refractivity contribution is 0.251. The van der Waals surface area contributed by atoms with E-state index in [2.05, 4.69) is 20.7 Å². The molecule has 3 rings (SSSR count). The molecule has 1 aromatic carbocycles. The molecule has 0 aliphatic carbocycles. The van der Waals surface area contributed by atoms with Gasteiger partial charge in [-0.15, -0.1) is 0 Å². The monoisotopic (exact) mass is 301 g/mol. The number of urea groups is 1. The van der Waals surface area contributed by atoms with Crippen LogP contribution in [0.2, 0.25) is 0 Å². The van der Waals surface area contributed by atoms with E-state index in [0.717, 1.165) is 5.56 Å². The number of halogens is 1. The topological polar surface area (TPSA) is 85.0 Å². The molecule has 7 nitrogen and oxygen atoms in total. The Kier molecular flexibility index (Phi) is 3.82. The molecule has 3 aromatic rings. The number of anilines is 1. The Hall–Kier alpha value is -3.16. The number of carbonyl (C=O) groups excluding carboxylic acids is 1. The molecule has 0 spiro atoms. The molecule has 0 aliphatic rings. The molecule has 112 valence electrons. The van der Waals surface area contributed by atoms with Crippen molar-refractivity contribution in [2.75, 3.05) is 5.32 Å². The van der Waals surface area contributed by atoms with E-state index in [9.17, 15) is 9.18 Å². The maximum atomic E-state index is 14.0. The highest BCUT2D eigenvalue weighted by Crippen LogP contribution is 2.17. The second-order valence-electron chi connectivity index (χ2n) is 4.45. The van der Waals surface area contributed by atoms with E-state index in [-0.39, 0.29) is 5.69 Å². The second kappa shape index (κ2) is 6.08. The van der Waals surface area contributed by atoms with Crippen LogP contribution in [0.1, 0.15) is 5.56 Å². The maximum absolute atomic E-state index is 14.0. The van der Waals surface area contributed by atoms with Crippen LogP contribution < -0.4 is 10.6 Å². The van der Waals surface area contributed by atoms with Gasteiger partial charge in [-0.25, -0.2) is 18.9 Å².